The lowest BCUT2D eigenvalue weighted by Gasteiger charge is -2.26. The minimum atomic E-state index is -3.78. The van der Waals surface area contributed by atoms with Gasteiger partial charge in [0.05, 0.1) is 17.2 Å². The first kappa shape index (κ1) is 23.2. The number of unbranched alkanes of at least 4 members (excludes halogenated alkanes) is 1. The summed E-state index contributed by atoms with van der Waals surface area (Å²) in [5, 5.41) is 9.09. The number of nitrogens with zero attached hydrogens (tertiary/aromatic N) is 4. The Balaban J connectivity index is 2.15. The van der Waals surface area contributed by atoms with E-state index in [0.29, 0.717) is 48.1 Å². The van der Waals surface area contributed by atoms with Crippen molar-refractivity contribution in [3.63, 3.8) is 0 Å². The first-order chi connectivity index (χ1) is 14.9. The molecule has 0 radical (unpaired) electrons. The molecule has 0 aliphatic heterocycles. The van der Waals surface area contributed by atoms with Gasteiger partial charge in [0.25, 0.3) is 10.0 Å². The summed E-state index contributed by atoms with van der Waals surface area (Å²) in [5.41, 5.74) is 1.14. The molecule has 0 aliphatic rings. The summed E-state index contributed by atoms with van der Waals surface area (Å²) in [6, 6.07) is 13.6. The van der Waals surface area contributed by atoms with Crippen LogP contribution in [0.1, 0.15) is 25.6 Å². The zero-order valence-electron chi connectivity index (χ0n) is 18.0. The van der Waals surface area contributed by atoms with Crippen molar-refractivity contribution in [2.24, 2.45) is 7.05 Å². The maximum absolute atomic E-state index is 13.6. The van der Waals surface area contributed by atoms with Crippen molar-refractivity contribution in [2.45, 2.75) is 31.1 Å². The molecule has 2 aromatic carbocycles. The van der Waals surface area contributed by atoms with Gasteiger partial charge >= 0.3 is 0 Å². The van der Waals surface area contributed by atoms with Crippen LogP contribution in [0.2, 0.25) is 5.02 Å². The Morgan fingerprint density at radius 3 is 2.55 bits per heavy atom. The van der Waals surface area contributed by atoms with Crippen LogP contribution in [-0.4, -0.2) is 43.4 Å². The largest absolute Gasteiger partial charge is 0.384 e. The van der Waals surface area contributed by atoms with Gasteiger partial charge in [-0.1, -0.05) is 43.1 Å². The smallest absolute Gasteiger partial charge is 0.264 e. The van der Waals surface area contributed by atoms with Crippen LogP contribution in [-0.2, 0) is 28.2 Å². The fourth-order valence-electron chi connectivity index (χ4n) is 3.30. The number of benzene rings is 2. The van der Waals surface area contributed by atoms with Gasteiger partial charge in [0, 0.05) is 37.7 Å². The number of rotatable bonds is 10. The molecule has 0 spiro atoms. The Morgan fingerprint density at radius 2 is 1.87 bits per heavy atom. The first-order valence-electron chi connectivity index (χ1n) is 10.1. The van der Waals surface area contributed by atoms with Gasteiger partial charge in [-0.2, -0.15) is 0 Å². The molecule has 0 saturated carbocycles. The van der Waals surface area contributed by atoms with Gasteiger partial charge in [0.1, 0.15) is 5.82 Å². The van der Waals surface area contributed by atoms with E-state index >= 15 is 0 Å². The van der Waals surface area contributed by atoms with E-state index < -0.39 is 10.0 Å². The third kappa shape index (κ3) is 5.08. The summed E-state index contributed by atoms with van der Waals surface area (Å²) < 4.78 is 35.6. The molecule has 1 aromatic heterocycles. The maximum Gasteiger partial charge on any atom is 0.264 e. The van der Waals surface area contributed by atoms with E-state index in [1.54, 1.807) is 55.6 Å². The van der Waals surface area contributed by atoms with Crippen LogP contribution < -0.4 is 4.31 Å². The molecule has 31 heavy (non-hydrogen) atoms. The van der Waals surface area contributed by atoms with Crippen molar-refractivity contribution in [2.75, 3.05) is 24.6 Å². The lowest BCUT2D eigenvalue weighted by molar-refractivity contribution is 0.200. The summed E-state index contributed by atoms with van der Waals surface area (Å²) in [6.45, 7) is 2.89. The molecular formula is C22H27ClN4O3S. The molecule has 166 valence electrons. The number of anilines is 1. The Kier molecular flexibility index (Phi) is 7.69. The molecule has 0 bridgehead atoms. The predicted octanol–water partition coefficient (Wildman–Crippen LogP) is 4.32. The zero-order chi connectivity index (χ0) is 22.4. The van der Waals surface area contributed by atoms with E-state index in [-0.39, 0.29) is 4.90 Å². The zero-order valence-corrected chi connectivity index (χ0v) is 19.5. The molecule has 0 amide bonds. The molecule has 0 unspecified atom stereocenters. The minimum absolute atomic E-state index is 0.241. The summed E-state index contributed by atoms with van der Waals surface area (Å²) in [4.78, 5) is 0.241. The van der Waals surface area contributed by atoms with E-state index in [1.165, 1.54) is 4.31 Å². The lowest BCUT2D eigenvalue weighted by atomic mass is 10.1. The van der Waals surface area contributed by atoms with Crippen molar-refractivity contribution in [1.82, 2.24) is 14.8 Å². The van der Waals surface area contributed by atoms with Gasteiger partial charge < -0.3 is 9.30 Å². The van der Waals surface area contributed by atoms with Crippen LogP contribution in [0.25, 0.3) is 11.4 Å². The number of hydrogen-bond acceptors (Lipinski definition) is 5. The molecular weight excluding hydrogens is 436 g/mol. The average Bonchev–Trinajstić information content (AvgIpc) is 3.14. The number of hydrogen-bond donors (Lipinski definition) is 0. The summed E-state index contributed by atoms with van der Waals surface area (Å²) in [7, 11) is -0.292. The number of ether oxygens (including phenoxy) is 1. The second-order valence-corrected chi connectivity index (χ2v) is 9.45. The maximum atomic E-state index is 13.6. The molecule has 0 fully saturated rings. The fraction of sp³-hybridized carbons (Fsp3) is 0.364. The van der Waals surface area contributed by atoms with Crippen LogP contribution in [0, 0.1) is 0 Å². The van der Waals surface area contributed by atoms with Gasteiger partial charge in [-0.25, -0.2) is 8.42 Å². The van der Waals surface area contributed by atoms with Crippen molar-refractivity contribution >= 4 is 27.3 Å². The number of halogens is 1. The van der Waals surface area contributed by atoms with Crippen LogP contribution >= 0.6 is 11.6 Å². The topological polar surface area (TPSA) is 77.3 Å². The highest BCUT2D eigenvalue weighted by atomic mass is 35.5. The Bertz CT molecular complexity index is 1120. The number of sulfonamides is 1. The summed E-state index contributed by atoms with van der Waals surface area (Å²) in [6.07, 6.45) is 2.17. The number of aromatic nitrogens is 3. The van der Waals surface area contributed by atoms with E-state index in [0.717, 1.165) is 12.2 Å². The van der Waals surface area contributed by atoms with E-state index in [1.807, 2.05) is 18.5 Å². The van der Waals surface area contributed by atoms with Crippen LogP contribution in [0.15, 0.2) is 53.4 Å². The van der Waals surface area contributed by atoms with Crippen molar-refractivity contribution < 1.29 is 13.2 Å². The van der Waals surface area contributed by atoms with Crippen molar-refractivity contribution in [1.29, 1.82) is 0 Å². The van der Waals surface area contributed by atoms with Gasteiger partial charge in [-0.3, -0.25) is 4.31 Å². The van der Waals surface area contributed by atoms with Gasteiger partial charge in [-0.05, 0) is 36.8 Å². The molecule has 0 atom stereocenters. The molecule has 0 N–H and O–H groups in total. The lowest BCUT2D eigenvalue weighted by Crippen LogP contribution is -2.32. The van der Waals surface area contributed by atoms with Crippen LogP contribution in [0.4, 0.5) is 5.69 Å². The van der Waals surface area contributed by atoms with Crippen LogP contribution in [0.3, 0.4) is 0 Å². The SMILES string of the molecule is CCCCN(c1ccc(Cl)cc1-c1nnc(CCOC)n1C)S(=O)(=O)c1ccccc1. The summed E-state index contributed by atoms with van der Waals surface area (Å²) in [5.74, 6) is 1.29. The Morgan fingerprint density at radius 1 is 1.13 bits per heavy atom. The molecule has 9 heteroatoms. The molecule has 3 aromatic rings. The Hall–Kier alpha value is -2.42. The van der Waals surface area contributed by atoms with E-state index in [2.05, 4.69) is 10.2 Å². The molecule has 3 rings (SSSR count). The third-order valence-corrected chi connectivity index (χ3v) is 7.07. The first-order valence-corrected chi connectivity index (χ1v) is 12.0. The molecule has 0 saturated heterocycles. The van der Waals surface area contributed by atoms with Gasteiger partial charge in [-0.15, -0.1) is 10.2 Å². The van der Waals surface area contributed by atoms with Gasteiger partial charge in [0.2, 0.25) is 0 Å². The quantitative estimate of drug-likeness (QED) is 0.448. The predicted molar refractivity (Wildman–Crippen MR) is 123 cm³/mol. The molecule has 0 aliphatic carbocycles. The Labute approximate surface area is 188 Å². The highest BCUT2D eigenvalue weighted by molar-refractivity contribution is 7.92. The van der Waals surface area contributed by atoms with Gasteiger partial charge in [0.15, 0.2) is 5.82 Å². The molecule has 1 heterocycles. The average molecular weight is 463 g/mol. The standard InChI is InChI=1S/C22H27ClN4O3S/c1-4-5-14-27(31(28,29)18-9-7-6-8-10-18)20-12-11-17(23)16-19(20)22-25-24-21(26(22)2)13-15-30-3/h6-12,16H,4-5,13-15H2,1-3H3. The number of methoxy groups -OCH3 is 1. The highest BCUT2D eigenvalue weighted by Crippen LogP contribution is 2.35. The van der Waals surface area contributed by atoms with Crippen molar-refractivity contribution in [3.05, 3.63) is 59.4 Å². The monoisotopic (exact) mass is 462 g/mol. The second-order valence-electron chi connectivity index (χ2n) is 7.15. The fourth-order valence-corrected chi connectivity index (χ4v) is 5.02. The van der Waals surface area contributed by atoms with Crippen LogP contribution in [0.5, 0.6) is 0 Å². The summed E-state index contributed by atoms with van der Waals surface area (Å²) >= 11 is 6.30. The normalized spacial score (nSPS) is 11.6. The third-order valence-electron chi connectivity index (χ3n) is 5.01. The highest BCUT2D eigenvalue weighted by Gasteiger charge is 2.28. The molecule has 7 nitrogen and oxygen atoms in total. The second kappa shape index (κ2) is 10.3. The minimum Gasteiger partial charge on any atom is -0.384 e. The van der Waals surface area contributed by atoms with E-state index in [4.69, 9.17) is 16.3 Å². The van der Waals surface area contributed by atoms with Crippen molar-refractivity contribution in [3.8, 4) is 11.4 Å². The van der Waals surface area contributed by atoms with E-state index in [9.17, 15) is 8.42 Å².